The van der Waals surface area contributed by atoms with E-state index in [9.17, 15) is 19.7 Å². The number of carbonyl (C=O) groups is 2. The van der Waals surface area contributed by atoms with Crippen LogP contribution in [0.15, 0.2) is 42.6 Å². The number of nitrogens with one attached hydrogen (secondary N) is 2. The summed E-state index contributed by atoms with van der Waals surface area (Å²) in [5.41, 5.74) is 0.884. The predicted molar refractivity (Wildman–Crippen MR) is 94.1 cm³/mol. The maximum absolute atomic E-state index is 11.7. The van der Waals surface area contributed by atoms with Crippen LogP contribution in [0, 0.1) is 10.1 Å². The fourth-order valence-corrected chi connectivity index (χ4v) is 1.98. The highest BCUT2D eigenvalue weighted by atomic mass is 35.5. The lowest BCUT2D eigenvalue weighted by Crippen LogP contribution is -2.32. The Hall–Kier alpha value is -3.20. The summed E-state index contributed by atoms with van der Waals surface area (Å²) in [6, 6.07) is 8.80. The molecule has 0 aliphatic heterocycles. The molecule has 1 aromatic heterocycles. The van der Waals surface area contributed by atoms with Gasteiger partial charge in [0.25, 0.3) is 11.6 Å². The molecule has 0 atom stereocenters. The van der Waals surface area contributed by atoms with Gasteiger partial charge in [-0.15, -0.1) is 0 Å². The average Bonchev–Trinajstić information content (AvgIpc) is 2.64. The monoisotopic (exact) mass is 378 g/mol. The molecule has 0 saturated carbocycles. The van der Waals surface area contributed by atoms with Crippen LogP contribution in [0.3, 0.4) is 0 Å². The second kappa shape index (κ2) is 9.33. The number of esters is 1. The van der Waals surface area contributed by atoms with Crippen LogP contribution in [-0.4, -0.2) is 41.5 Å². The van der Waals surface area contributed by atoms with Gasteiger partial charge in [0.1, 0.15) is 5.15 Å². The minimum Gasteiger partial charge on any atom is -0.452 e. The Morgan fingerprint density at radius 3 is 2.50 bits per heavy atom. The molecule has 2 N–H and O–H groups in total. The molecule has 0 bridgehead atoms. The van der Waals surface area contributed by atoms with Gasteiger partial charge in [-0.1, -0.05) is 11.6 Å². The maximum atomic E-state index is 11.7. The van der Waals surface area contributed by atoms with Crippen LogP contribution in [-0.2, 0) is 9.53 Å². The highest BCUT2D eigenvalue weighted by Crippen LogP contribution is 2.14. The zero-order valence-electron chi connectivity index (χ0n) is 13.5. The van der Waals surface area contributed by atoms with E-state index >= 15 is 0 Å². The molecular formula is C16H15ClN4O5. The number of anilines is 1. The first-order chi connectivity index (χ1) is 12.5. The summed E-state index contributed by atoms with van der Waals surface area (Å²) >= 11 is 5.62. The molecule has 2 aromatic rings. The van der Waals surface area contributed by atoms with Crippen molar-refractivity contribution in [3.63, 3.8) is 0 Å². The van der Waals surface area contributed by atoms with Crippen LogP contribution in [0.4, 0.5) is 11.4 Å². The molecule has 10 heteroatoms. The molecule has 0 fully saturated rings. The number of amides is 1. The van der Waals surface area contributed by atoms with Gasteiger partial charge in [0.05, 0.1) is 10.5 Å². The lowest BCUT2D eigenvalue weighted by atomic mass is 10.3. The van der Waals surface area contributed by atoms with E-state index < -0.39 is 23.4 Å². The van der Waals surface area contributed by atoms with Crippen molar-refractivity contribution in [2.75, 3.05) is 25.0 Å². The normalized spacial score (nSPS) is 10.0. The number of carbonyl (C=O) groups excluding carboxylic acids is 2. The van der Waals surface area contributed by atoms with Crippen LogP contribution < -0.4 is 10.6 Å². The summed E-state index contributed by atoms with van der Waals surface area (Å²) in [6.07, 6.45) is 1.26. The van der Waals surface area contributed by atoms with Crippen molar-refractivity contribution in [1.82, 2.24) is 10.3 Å². The van der Waals surface area contributed by atoms with Gasteiger partial charge >= 0.3 is 5.97 Å². The Morgan fingerprint density at radius 1 is 1.15 bits per heavy atom. The number of non-ortho nitro benzene ring substituents is 1. The highest BCUT2D eigenvalue weighted by molar-refractivity contribution is 6.29. The van der Waals surface area contributed by atoms with Crippen LogP contribution in [0.5, 0.6) is 0 Å². The number of nitrogens with zero attached hydrogens (tertiary/aromatic N) is 2. The number of hydrogen-bond acceptors (Lipinski definition) is 7. The number of ether oxygens (including phenoxy) is 1. The lowest BCUT2D eigenvalue weighted by molar-refractivity contribution is -0.384. The molecule has 136 valence electrons. The van der Waals surface area contributed by atoms with Crippen LogP contribution in [0.2, 0.25) is 5.15 Å². The summed E-state index contributed by atoms with van der Waals surface area (Å²) in [6.45, 7) is 0.271. The molecule has 1 aromatic carbocycles. The van der Waals surface area contributed by atoms with E-state index in [1.54, 1.807) is 12.1 Å². The third-order valence-corrected chi connectivity index (χ3v) is 3.38. The molecule has 0 radical (unpaired) electrons. The molecule has 9 nitrogen and oxygen atoms in total. The fourth-order valence-electron chi connectivity index (χ4n) is 1.87. The molecule has 0 saturated heterocycles. The first-order valence-electron chi connectivity index (χ1n) is 7.49. The van der Waals surface area contributed by atoms with E-state index in [-0.39, 0.29) is 22.9 Å². The van der Waals surface area contributed by atoms with Crippen molar-refractivity contribution in [3.8, 4) is 0 Å². The van der Waals surface area contributed by atoms with E-state index in [0.717, 1.165) is 0 Å². The van der Waals surface area contributed by atoms with Gasteiger partial charge < -0.3 is 15.4 Å². The molecule has 1 amide bonds. The van der Waals surface area contributed by atoms with E-state index in [1.165, 1.54) is 30.5 Å². The SMILES string of the molecule is O=C(COC(=O)c1ccc(Cl)nc1)NCCNc1ccc([N+](=O)[O-])cc1. The number of aromatic nitrogens is 1. The van der Waals surface area contributed by atoms with Gasteiger partial charge in [-0.25, -0.2) is 9.78 Å². The number of pyridine rings is 1. The standard InChI is InChI=1S/C16H15ClN4O5/c17-14-6-1-11(9-20-14)16(23)26-10-15(22)19-8-7-18-12-2-4-13(5-3-12)21(24)25/h1-6,9,18H,7-8,10H2,(H,19,22). The Kier molecular flexibility index (Phi) is 6.86. The van der Waals surface area contributed by atoms with Gasteiger partial charge in [-0.2, -0.15) is 0 Å². The third-order valence-electron chi connectivity index (χ3n) is 3.15. The van der Waals surface area contributed by atoms with Crippen LogP contribution in [0.1, 0.15) is 10.4 Å². The third kappa shape index (κ3) is 6.02. The molecule has 0 unspecified atom stereocenters. The Balaban J connectivity index is 1.65. The van der Waals surface area contributed by atoms with Gasteiger partial charge in [0.15, 0.2) is 6.61 Å². The number of halogens is 1. The number of rotatable bonds is 8. The average molecular weight is 379 g/mol. The minimum absolute atomic E-state index is 0.00144. The number of nitro benzene ring substituents is 1. The Bertz CT molecular complexity index is 780. The number of nitro groups is 1. The van der Waals surface area contributed by atoms with E-state index in [0.29, 0.717) is 12.2 Å². The number of hydrogen-bond donors (Lipinski definition) is 2. The van der Waals surface area contributed by atoms with Gasteiger partial charge in [0, 0.05) is 37.1 Å². The van der Waals surface area contributed by atoms with Crippen molar-refractivity contribution >= 4 is 34.9 Å². The van der Waals surface area contributed by atoms with Crippen molar-refractivity contribution in [1.29, 1.82) is 0 Å². The predicted octanol–water partition coefficient (Wildman–Crippen LogP) is 2.03. The summed E-state index contributed by atoms with van der Waals surface area (Å²) in [7, 11) is 0. The molecule has 2 rings (SSSR count). The summed E-state index contributed by atoms with van der Waals surface area (Å²) in [5.74, 6) is -1.13. The Labute approximate surface area is 153 Å². The van der Waals surface area contributed by atoms with E-state index in [2.05, 4.69) is 15.6 Å². The van der Waals surface area contributed by atoms with Crippen LogP contribution >= 0.6 is 11.6 Å². The maximum Gasteiger partial charge on any atom is 0.340 e. The quantitative estimate of drug-likeness (QED) is 0.237. The molecule has 1 heterocycles. The van der Waals surface area contributed by atoms with Crippen LogP contribution in [0.25, 0.3) is 0 Å². The van der Waals surface area contributed by atoms with E-state index in [1.807, 2.05) is 0 Å². The lowest BCUT2D eigenvalue weighted by Gasteiger charge is -2.08. The fraction of sp³-hybridized carbons (Fsp3) is 0.188. The zero-order chi connectivity index (χ0) is 18.9. The smallest absolute Gasteiger partial charge is 0.340 e. The van der Waals surface area contributed by atoms with Crippen molar-refractivity contribution in [2.45, 2.75) is 0 Å². The first-order valence-corrected chi connectivity index (χ1v) is 7.87. The van der Waals surface area contributed by atoms with E-state index in [4.69, 9.17) is 16.3 Å². The van der Waals surface area contributed by atoms with Gasteiger partial charge in [0.2, 0.25) is 0 Å². The van der Waals surface area contributed by atoms with Crippen molar-refractivity contribution in [3.05, 3.63) is 63.4 Å². The molecular weight excluding hydrogens is 364 g/mol. The molecule has 0 aliphatic carbocycles. The van der Waals surface area contributed by atoms with Gasteiger partial charge in [-0.05, 0) is 24.3 Å². The highest BCUT2D eigenvalue weighted by Gasteiger charge is 2.10. The van der Waals surface area contributed by atoms with Crippen molar-refractivity contribution in [2.24, 2.45) is 0 Å². The van der Waals surface area contributed by atoms with Gasteiger partial charge in [-0.3, -0.25) is 14.9 Å². The topological polar surface area (TPSA) is 123 Å². The molecule has 0 aliphatic rings. The number of benzene rings is 1. The molecule has 0 spiro atoms. The summed E-state index contributed by atoms with van der Waals surface area (Å²) < 4.78 is 4.86. The first kappa shape index (κ1) is 19.1. The van der Waals surface area contributed by atoms with Crippen molar-refractivity contribution < 1.29 is 19.2 Å². The molecule has 26 heavy (non-hydrogen) atoms. The summed E-state index contributed by atoms with van der Waals surface area (Å²) in [5, 5.41) is 16.4. The summed E-state index contributed by atoms with van der Waals surface area (Å²) in [4.78, 5) is 37.2. The second-order valence-electron chi connectivity index (χ2n) is 5.03. The zero-order valence-corrected chi connectivity index (χ0v) is 14.2. The second-order valence-corrected chi connectivity index (χ2v) is 5.41. The minimum atomic E-state index is -0.673. The largest absolute Gasteiger partial charge is 0.452 e. The Morgan fingerprint density at radius 2 is 1.88 bits per heavy atom.